The molecule has 0 aromatic rings. The first-order valence-electron chi connectivity index (χ1n) is 37.1. The highest BCUT2D eigenvalue weighted by Crippen LogP contribution is 2.45. The Bertz CT molecular complexity index is 2350. The van der Waals surface area contributed by atoms with E-state index >= 15 is 0 Å². The van der Waals surface area contributed by atoms with E-state index in [2.05, 4.69) is 167 Å². The molecule has 0 saturated heterocycles. The summed E-state index contributed by atoms with van der Waals surface area (Å²) in [6.45, 7) is 2.37. The molecule has 0 radical (unpaired) electrons. The SMILES string of the molecule is CC/C=C\C/C=C\C/C=C\C/C=C\C/C=C\CCCCCCCCCCCC(=O)OCC(O)COP(=O)(O)OCC(O)COP(=O)(O)OCC(COC(=O)CCCCCCC/C=C\C/C=C\C/C=C\C/C=C\C/C=C\CC)OC(=O)CCCCCCC/C=C\C/C=C\CCCCC. The molecule has 0 aromatic heterocycles. The zero-order valence-electron chi connectivity index (χ0n) is 60.2. The van der Waals surface area contributed by atoms with Crippen LogP contribution in [-0.2, 0) is 55.8 Å². The van der Waals surface area contributed by atoms with Crippen molar-refractivity contribution in [3.8, 4) is 0 Å². The minimum Gasteiger partial charge on any atom is -0.463 e. The topological polar surface area (TPSA) is 231 Å². The van der Waals surface area contributed by atoms with Crippen molar-refractivity contribution in [1.82, 2.24) is 0 Å². The third-order valence-electron chi connectivity index (χ3n) is 15.0. The summed E-state index contributed by atoms with van der Waals surface area (Å²) >= 11 is 0. The van der Waals surface area contributed by atoms with Gasteiger partial charge >= 0.3 is 33.6 Å². The molecule has 0 aliphatic heterocycles. The molecular formula is C79H132O16P2. The molecule has 5 unspecified atom stereocenters. The summed E-state index contributed by atoms with van der Waals surface area (Å²) in [5.74, 6) is -1.62. The number of aliphatic hydroxyl groups excluding tert-OH is 2. The summed E-state index contributed by atoms with van der Waals surface area (Å²) in [6.07, 6.45) is 86.0. The van der Waals surface area contributed by atoms with Gasteiger partial charge in [0.2, 0.25) is 0 Å². The lowest BCUT2D eigenvalue weighted by molar-refractivity contribution is -0.161. The Morgan fingerprint density at radius 3 is 0.866 bits per heavy atom. The van der Waals surface area contributed by atoms with E-state index in [4.69, 9.17) is 32.3 Å². The predicted molar refractivity (Wildman–Crippen MR) is 399 cm³/mol. The fourth-order valence-corrected chi connectivity index (χ4v) is 11.0. The fourth-order valence-electron chi connectivity index (χ4n) is 9.42. The van der Waals surface area contributed by atoms with Crippen molar-refractivity contribution in [3.05, 3.63) is 146 Å². The number of carbonyl (C=O) groups excluding carboxylic acids is 3. The van der Waals surface area contributed by atoms with Crippen LogP contribution in [0, 0.1) is 0 Å². The first kappa shape index (κ1) is 92.4. The standard InChI is InChI=1S/C79H132O16P2/c1-4-7-10-13-16-19-22-25-28-30-32-34-35-36-37-39-41-42-45-47-50-53-56-59-62-65-77(82)89-68-74(80)69-91-96(85,86)92-70-75(81)71-93-97(87,88)94-73-76(95-79(84)67-64-61-58-55-52-49-44-27-24-21-18-15-12-9-6-3)72-90-78(83)66-63-60-57-54-51-48-46-43-40-38-33-31-29-26-23-20-17-14-11-8-5-2/h7-8,10-11,16-21,25-29,32-34,36-38,43-44,46,74-76,80-81H,4-6,9,12-15,22-24,30-31,35,39-42,45,47-73H2,1-3H3,(H,85,86)(H,87,88)/b10-7-,11-8-,19-16-,20-17-,21-18-,28-25-,29-26-,34-32-,37-36-,38-33-,44-27-,46-43-. The highest BCUT2D eigenvalue weighted by Gasteiger charge is 2.29. The Hall–Kier alpha value is -4.57. The van der Waals surface area contributed by atoms with Gasteiger partial charge in [0.25, 0.3) is 0 Å². The van der Waals surface area contributed by atoms with Gasteiger partial charge in [0.05, 0.1) is 26.4 Å². The van der Waals surface area contributed by atoms with Crippen molar-refractivity contribution in [3.63, 3.8) is 0 Å². The van der Waals surface area contributed by atoms with Gasteiger partial charge in [-0.3, -0.25) is 32.5 Å². The maximum Gasteiger partial charge on any atom is 0.472 e. The summed E-state index contributed by atoms with van der Waals surface area (Å²) in [6, 6.07) is 0. The van der Waals surface area contributed by atoms with Crippen molar-refractivity contribution in [2.75, 3.05) is 39.6 Å². The largest absolute Gasteiger partial charge is 0.472 e. The second-order valence-corrected chi connectivity index (χ2v) is 27.2. The lowest BCUT2D eigenvalue weighted by Crippen LogP contribution is -2.30. The quantitative estimate of drug-likeness (QED) is 0.0146. The Morgan fingerprint density at radius 2 is 0.546 bits per heavy atom. The van der Waals surface area contributed by atoms with Crippen LogP contribution in [0.25, 0.3) is 0 Å². The number of aliphatic hydroxyl groups is 2. The Kier molecular flexibility index (Phi) is 67.9. The number of hydrogen-bond donors (Lipinski definition) is 4. The lowest BCUT2D eigenvalue weighted by atomic mass is 10.1. The molecular weight excluding hydrogens is 1270 g/mol. The molecule has 97 heavy (non-hydrogen) atoms. The number of carbonyl (C=O) groups is 3. The van der Waals surface area contributed by atoms with Gasteiger partial charge in [-0.05, 0) is 141 Å². The zero-order chi connectivity index (χ0) is 70.9. The van der Waals surface area contributed by atoms with Crippen LogP contribution in [0.4, 0.5) is 0 Å². The van der Waals surface area contributed by atoms with Gasteiger partial charge in [-0.1, -0.05) is 263 Å². The average Bonchev–Trinajstić information content (AvgIpc) is 1.82. The molecule has 5 atom stereocenters. The smallest absolute Gasteiger partial charge is 0.463 e. The van der Waals surface area contributed by atoms with E-state index in [1.54, 1.807) is 0 Å². The Morgan fingerprint density at radius 1 is 0.299 bits per heavy atom. The van der Waals surface area contributed by atoms with Crippen molar-refractivity contribution in [2.45, 2.75) is 296 Å². The van der Waals surface area contributed by atoms with Gasteiger partial charge in [-0.25, -0.2) is 9.13 Å². The van der Waals surface area contributed by atoms with Crippen LogP contribution in [0.5, 0.6) is 0 Å². The molecule has 4 N–H and O–H groups in total. The normalized spacial score (nSPS) is 14.9. The number of hydrogen-bond acceptors (Lipinski definition) is 14. The van der Waals surface area contributed by atoms with Crippen LogP contribution in [0.1, 0.15) is 278 Å². The Labute approximate surface area is 587 Å². The maximum absolute atomic E-state index is 12.9. The van der Waals surface area contributed by atoms with Crippen LogP contribution in [0.2, 0.25) is 0 Å². The summed E-state index contributed by atoms with van der Waals surface area (Å²) in [5.41, 5.74) is 0. The van der Waals surface area contributed by atoms with E-state index in [9.17, 15) is 43.5 Å². The van der Waals surface area contributed by atoms with Gasteiger partial charge in [0.1, 0.15) is 25.4 Å². The first-order valence-corrected chi connectivity index (χ1v) is 40.1. The fraction of sp³-hybridized carbons (Fsp3) is 0.658. The molecule has 0 saturated carbocycles. The van der Waals surface area contributed by atoms with E-state index in [1.165, 1.54) is 44.9 Å². The minimum atomic E-state index is -4.94. The summed E-state index contributed by atoms with van der Waals surface area (Å²) in [7, 11) is -9.80. The van der Waals surface area contributed by atoms with Gasteiger partial charge in [-0.15, -0.1) is 0 Å². The molecule has 0 spiro atoms. The number of esters is 3. The number of ether oxygens (including phenoxy) is 3. The second kappa shape index (κ2) is 71.3. The third kappa shape index (κ3) is 72.5. The summed E-state index contributed by atoms with van der Waals surface area (Å²) < 4.78 is 61.0. The number of allylic oxidation sites excluding steroid dienone is 24. The van der Waals surface area contributed by atoms with E-state index < -0.39 is 91.5 Å². The van der Waals surface area contributed by atoms with Crippen LogP contribution in [0.15, 0.2) is 146 Å². The molecule has 0 amide bonds. The highest BCUT2D eigenvalue weighted by atomic mass is 31.2. The van der Waals surface area contributed by atoms with Crippen molar-refractivity contribution < 1.29 is 75.8 Å². The molecule has 554 valence electrons. The van der Waals surface area contributed by atoms with Gasteiger partial charge in [0, 0.05) is 19.3 Å². The lowest BCUT2D eigenvalue weighted by Gasteiger charge is -2.21. The molecule has 0 aliphatic carbocycles. The van der Waals surface area contributed by atoms with Crippen molar-refractivity contribution in [2.24, 2.45) is 0 Å². The monoisotopic (exact) mass is 1400 g/mol. The van der Waals surface area contributed by atoms with Gasteiger partial charge in [-0.2, -0.15) is 0 Å². The third-order valence-corrected chi connectivity index (χ3v) is 16.9. The van der Waals surface area contributed by atoms with Crippen molar-refractivity contribution >= 4 is 33.6 Å². The second-order valence-electron chi connectivity index (χ2n) is 24.3. The zero-order valence-corrected chi connectivity index (χ0v) is 62.0. The van der Waals surface area contributed by atoms with Gasteiger partial charge in [0.15, 0.2) is 6.10 Å². The number of rotatable bonds is 69. The maximum atomic E-state index is 12.9. The summed E-state index contributed by atoms with van der Waals surface area (Å²) in [5, 5.41) is 20.6. The number of phosphoric acid groups is 2. The average molecular weight is 1400 g/mol. The molecule has 0 fully saturated rings. The molecule has 0 bridgehead atoms. The first-order chi connectivity index (χ1) is 47.2. The van der Waals surface area contributed by atoms with Crippen LogP contribution in [0.3, 0.4) is 0 Å². The number of phosphoric ester groups is 2. The molecule has 0 aromatic carbocycles. The predicted octanol–water partition coefficient (Wildman–Crippen LogP) is 21.3. The molecule has 0 aliphatic rings. The molecule has 0 heterocycles. The minimum absolute atomic E-state index is 0.0797. The molecule has 18 heteroatoms. The van der Waals surface area contributed by atoms with Gasteiger partial charge < -0.3 is 34.2 Å². The van der Waals surface area contributed by atoms with Crippen molar-refractivity contribution in [1.29, 1.82) is 0 Å². The van der Waals surface area contributed by atoms with E-state index in [0.717, 1.165) is 173 Å². The number of unbranched alkanes of at least 4 members (excludes halogenated alkanes) is 22. The summed E-state index contributed by atoms with van der Waals surface area (Å²) in [4.78, 5) is 58.5. The van der Waals surface area contributed by atoms with E-state index in [-0.39, 0.29) is 19.3 Å². The van der Waals surface area contributed by atoms with E-state index in [1.807, 2.05) is 0 Å². The van der Waals surface area contributed by atoms with E-state index in [0.29, 0.717) is 19.3 Å². The van der Waals surface area contributed by atoms with Crippen LogP contribution >= 0.6 is 15.6 Å². The highest BCUT2D eigenvalue weighted by molar-refractivity contribution is 7.47. The van der Waals surface area contributed by atoms with Crippen LogP contribution < -0.4 is 0 Å². The van der Waals surface area contributed by atoms with Crippen LogP contribution in [-0.4, -0.2) is 95.9 Å². The molecule has 16 nitrogen and oxygen atoms in total. The Balaban J connectivity index is 4.64. The molecule has 0 rings (SSSR count).